The molecule has 0 radical (unpaired) electrons. The maximum Gasteiger partial charge on any atom is 0.460 e. The summed E-state index contributed by atoms with van der Waals surface area (Å²) >= 11 is 0. The van der Waals surface area contributed by atoms with Crippen LogP contribution in [-0.4, -0.2) is 82.1 Å². The van der Waals surface area contributed by atoms with Crippen molar-refractivity contribution in [3.63, 3.8) is 0 Å². The van der Waals surface area contributed by atoms with Crippen molar-refractivity contribution < 1.29 is 73.5 Å². The fraction of sp³-hybridized carbons (Fsp3) is 0.833. The van der Waals surface area contributed by atoms with E-state index in [-0.39, 0.29) is 20.8 Å². The van der Waals surface area contributed by atoms with Crippen LogP contribution in [0.2, 0.25) is 0 Å². The third-order valence-electron chi connectivity index (χ3n) is 2.20. The summed E-state index contributed by atoms with van der Waals surface area (Å²) in [5, 5.41) is 8.13. The van der Waals surface area contributed by atoms with Gasteiger partial charge in [0.25, 0.3) is 0 Å². The summed E-state index contributed by atoms with van der Waals surface area (Å²) in [5.41, 5.74) is 5.06. The summed E-state index contributed by atoms with van der Waals surface area (Å²) in [5.74, 6) is -5.63. The van der Waals surface area contributed by atoms with E-state index in [2.05, 4.69) is 18.9 Å². The number of ether oxygens (including phenoxy) is 5. The molecule has 0 fully saturated rings. The van der Waals surface area contributed by atoms with Crippen LogP contribution in [0.4, 0.5) is 35.1 Å². The minimum Gasteiger partial charge on any atom is -0.463 e. The van der Waals surface area contributed by atoms with Crippen LogP contribution in [-0.2, 0) is 33.3 Å². The van der Waals surface area contributed by atoms with Gasteiger partial charge in [0.1, 0.15) is 0 Å². The number of nitrogens with two attached hydrogens (primary N) is 1. The molecule has 174 valence electrons. The quantitative estimate of drug-likeness (QED) is 0.263. The van der Waals surface area contributed by atoms with Crippen molar-refractivity contribution in [2.75, 3.05) is 40.6 Å². The maximum absolute atomic E-state index is 12.8. The molecule has 0 aromatic carbocycles. The van der Waals surface area contributed by atoms with Gasteiger partial charge in [0.05, 0.1) is 34.0 Å². The van der Waals surface area contributed by atoms with E-state index < -0.39 is 36.4 Å². The van der Waals surface area contributed by atoms with Crippen LogP contribution < -0.4 is 5.73 Å². The average Bonchev–Trinajstić information content (AvgIpc) is 2.59. The van der Waals surface area contributed by atoms with Gasteiger partial charge in [-0.25, -0.2) is 19.1 Å². The predicted octanol–water partition coefficient (Wildman–Crippen LogP) is 0.691. The summed E-state index contributed by atoms with van der Waals surface area (Å²) in [7, 11) is 0.551. The second-order valence-electron chi connectivity index (χ2n) is 4.38. The Labute approximate surface area is 157 Å². The van der Waals surface area contributed by atoms with Crippen LogP contribution in [0.1, 0.15) is 0 Å². The van der Waals surface area contributed by atoms with Crippen LogP contribution >= 0.6 is 0 Å². The van der Waals surface area contributed by atoms with Crippen LogP contribution in [0.5, 0.6) is 0 Å². The molecule has 0 bridgehead atoms. The van der Waals surface area contributed by atoms with E-state index >= 15 is 0 Å². The lowest BCUT2D eigenvalue weighted by Gasteiger charge is -2.29. The van der Waals surface area contributed by atoms with Gasteiger partial charge in [0, 0.05) is 6.54 Å². The Kier molecular flexibility index (Phi) is 12.2. The smallest absolute Gasteiger partial charge is 0.460 e. The molecule has 17 heteroatoms. The zero-order chi connectivity index (χ0) is 23.5. The number of alkyl halides is 8. The van der Waals surface area contributed by atoms with Gasteiger partial charge in [0.15, 0.2) is 0 Å². The molecule has 0 unspecified atom stereocenters. The standard InChI is InChI=1S/C8H6F8O6.C4H11NO2/c1-19-3(17)5(9,10)21-7(13,14)8(15,16)22-6(11,12)4(18)20-2;5-1-3-7-4-2-6/h1-2H3;6H,1-5H2. The number of hydrogen-bond donors (Lipinski definition) is 2. The third kappa shape index (κ3) is 9.97. The first-order chi connectivity index (χ1) is 13.0. The molecule has 0 aliphatic heterocycles. The normalized spacial score (nSPS) is 12.7. The summed E-state index contributed by atoms with van der Waals surface area (Å²) in [6.45, 7) is 1.55. The van der Waals surface area contributed by atoms with E-state index in [1.807, 2.05) is 0 Å². The van der Waals surface area contributed by atoms with Crippen molar-refractivity contribution in [2.24, 2.45) is 5.73 Å². The highest BCUT2D eigenvalue weighted by Crippen LogP contribution is 2.43. The molecule has 0 aliphatic carbocycles. The highest BCUT2D eigenvalue weighted by Gasteiger charge is 2.70. The van der Waals surface area contributed by atoms with E-state index in [9.17, 15) is 44.7 Å². The number of hydrogen-bond acceptors (Lipinski definition) is 9. The Morgan fingerprint density at radius 3 is 1.38 bits per heavy atom. The number of halogens is 8. The fourth-order valence-corrected chi connectivity index (χ4v) is 1.01. The van der Waals surface area contributed by atoms with Crippen molar-refractivity contribution in [1.29, 1.82) is 0 Å². The van der Waals surface area contributed by atoms with Gasteiger partial charge in [-0.2, -0.15) is 35.1 Å². The van der Waals surface area contributed by atoms with E-state index in [1.54, 1.807) is 0 Å². The van der Waals surface area contributed by atoms with Gasteiger partial charge < -0.3 is 25.1 Å². The molecule has 29 heavy (non-hydrogen) atoms. The van der Waals surface area contributed by atoms with Crippen molar-refractivity contribution >= 4 is 11.9 Å². The van der Waals surface area contributed by atoms with Crippen LogP contribution in [0.25, 0.3) is 0 Å². The fourth-order valence-electron chi connectivity index (χ4n) is 1.01. The molecule has 0 aromatic rings. The summed E-state index contributed by atoms with van der Waals surface area (Å²) in [6.07, 6.45) is -24.1. The van der Waals surface area contributed by atoms with Crippen molar-refractivity contribution in [3.8, 4) is 0 Å². The number of carbonyl (C=O) groups is 2. The van der Waals surface area contributed by atoms with Crippen molar-refractivity contribution in [2.45, 2.75) is 24.4 Å². The van der Waals surface area contributed by atoms with E-state index in [4.69, 9.17) is 15.6 Å². The lowest BCUT2D eigenvalue weighted by atomic mass is 10.5. The van der Waals surface area contributed by atoms with Crippen molar-refractivity contribution in [1.82, 2.24) is 0 Å². The molecule has 0 spiro atoms. The van der Waals surface area contributed by atoms with Gasteiger partial charge in [-0.05, 0) is 0 Å². The second-order valence-corrected chi connectivity index (χ2v) is 4.38. The molecule has 9 nitrogen and oxygen atoms in total. The highest BCUT2D eigenvalue weighted by molar-refractivity contribution is 5.76. The number of aliphatic hydroxyl groups excluding tert-OH is 1. The van der Waals surface area contributed by atoms with Crippen molar-refractivity contribution in [3.05, 3.63) is 0 Å². The molecule has 0 heterocycles. The topological polar surface area (TPSA) is 127 Å². The predicted molar refractivity (Wildman–Crippen MR) is 72.9 cm³/mol. The minimum absolute atomic E-state index is 0.0833. The maximum atomic E-state index is 12.8. The van der Waals surface area contributed by atoms with Gasteiger partial charge in [-0.15, -0.1) is 0 Å². The van der Waals surface area contributed by atoms with E-state index in [1.165, 1.54) is 0 Å². The highest BCUT2D eigenvalue weighted by atomic mass is 19.3. The van der Waals surface area contributed by atoms with Crippen LogP contribution in [0.3, 0.4) is 0 Å². The van der Waals surface area contributed by atoms with Gasteiger partial charge in [-0.1, -0.05) is 0 Å². The largest absolute Gasteiger partial charge is 0.463 e. The molecule has 0 rings (SSSR count). The van der Waals surface area contributed by atoms with Crippen LogP contribution in [0, 0.1) is 0 Å². The molecular formula is C12H17F8NO8. The van der Waals surface area contributed by atoms with Gasteiger partial charge in [0.2, 0.25) is 0 Å². The lowest BCUT2D eigenvalue weighted by Crippen LogP contribution is -2.54. The first-order valence-electron chi connectivity index (χ1n) is 7.01. The second kappa shape index (κ2) is 12.0. The number of esters is 2. The first-order valence-corrected chi connectivity index (χ1v) is 7.01. The minimum atomic E-state index is -6.44. The number of methoxy groups -OCH3 is 2. The molecule has 3 N–H and O–H groups in total. The number of aliphatic hydroxyl groups is 1. The third-order valence-corrected chi connectivity index (χ3v) is 2.20. The average molecular weight is 455 g/mol. The lowest BCUT2D eigenvalue weighted by molar-refractivity contribution is -0.502. The Hall–Kier alpha value is -1.82. The Balaban J connectivity index is 0. The van der Waals surface area contributed by atoms with E-state index in [0.29, 0.717) is 19.8 Å². The van der Waals surface area contributed by atoms with Crippen LogP contribution in [0.15, 0.2) is 0 Å². The summed E-state index contributed by atoms with van der Waals surface area (Å²) in [6, 6.07) is 0. The molecule has 0 aromatic heterocycles. The monoisotopic (exact) mass is 455 g/mol. The zero-order valence-electron chi connectivity index (χ0n) is 14.7. The van der Waals surface area contributed by atoms with Gasteiger partial charge in [-0.3, -0.25) is 0 Å². The Bertz CT molecular complexity index is 476. The molecule has 0 aliphatic rings. The zero-order valence-corrected chi connectivity index (χ0v) is 14.7. The molecule has 0 atom stereocenters. The van der Waals surface area contributed by atoms with E-state index in [0.717, 1.165) is 0 Å². The summed E-state index contributed by atoms with van der Waals surface area (Å²) < 4.78 is 118. The molecule has 0 saturated carbocycles. The first kappa shape index (κ1) is 29.4. The Morgan fingerprint density at radius 2 is 1.14 bits per heavy atom. The summed E-state index contributed by atoms with van der Waals surface area (Å²) in [4.78, 5) is 20.7. The molecule has 0 saturated heterocycles. The number of rotatable bonds is 11. The SMILES string of the molecule is COC(=O)C(F)(F)OC(F)(F)C(F)(F)OC(F)(F)C(=O)OC.NCCOCCO. The molecular weight excluding hydrogens is 438 g/mol. The molecule has 0 amide bonds. The number of carbonyl (C=O) groups excluding carboxylic acids is 2. The van der Waals surface area contributed by atoms with Gasteiger partial charge >= 0.3 is 36.4 Å². The Morgan fingerprint density at radius 1 is 0.793 bits per heavy atom.